The van der Waals surface area contributed by atoms with Crippen molar-refractivity contribution < 1.29 is 9.85 Å². The minimum atomic E-state index is -1.01. The molecule has 3 aromatic rings. The molecule has 0 aromatic carbocycles. The molecule has 0 N–H and O–H groups in total. The molecule has 12 heteroatoms. The Bertz CT molecular complexity index is 1170. The summed E-state index contributed by atoms with van der Waals surface area (Å²) >= 11 is 0. The molecule has 12 nitrogen and oxygen atoms in total. The van der Waals surface area contributed by atoms with E-state index in [4.69, 9.17) is 0 Å². The first-order chi connectivity index (χ1) is 12.7. The third kappa shape index (κ3) is 2.52. The van der Waals surface area contributed by atoms with Crippen molar-refractivity contribution in [2.45, 2.75) is 52.4 Å². The smallest absolute Gasteiger partial charge is 0.265 e. The molecule has 0 bridgehead atoms. The molecule has 3 heterocycles. The standard InChI is InChI=1S/C16H18N6O6/c1-15(2,3)11-7(21(25)26)9-13(23)20-10(14(24)19(9)17-11)8(22(27)28)12(18-20)16(4,5)6/h1-6H3. The van der Waals surface area contributed by atoms with E-state index in [9.17, 15) is 29.8 Å². The van der Waals surface area contributed by atoms with Crippen LogP contribution in [0.25, 0.3) is 11.0 Å². The fraction of sp³-hybridized carbons (Fsp3) is 0.500. The van der Waals surface area contributed by atoms with Crippen molar-refractivity contribution >= 4 is 22.4 Å². The third-order valence-electron chi connectivity index (χ3n) is 4.30. The summed E-state index contributed by atoms with van der Waals surface area (Å²) in [4.78, 5) is 47.7. The number of nitrogens with zero attached hydrogens (tertiary/aromatic N) is 6. The number of nitro groups is 2. The molecule has 3 rings (SSSR count). The van der Waals surface area contributed by atoms with Gasteiger partial charge in [-0.1, -0.05) is 41.5 Å². The van der Waals surface area contributed by atoms with Crippen molar-refractivity contribution in [2.75, 3.05) is 0 Å². The summed E-state index contributed by atoms with van der Waals surface area (Å²) in [6.07, 6.45) is 0. The van der Waals surface area contributed by atoms with Gasteiger partial charge in [0.2, 0.25) is 11.0 Å². The van der Waals surface area contributed by atoms with Crippen molar-refractivity contribution in [1.82, 2.24) is 19.2 Å². The molecule has 28 heavy (non-hydrogen) atoms. The summed E-state index contributed by atoms with van der Waals surface area (Å²) in [5.41, 5.74) is -6.20. The second-order valence-electron chi connectivity index (χ2n) is 8.54. The van der Waals surface area contributed by atoms with E-state index in [1.54, 1.807) is 41.5 Å². The van der Waals surface area contributed by atoms with Crippen LogP contribution in [0.5, 0.6) is 0 Å². The van der Waals surface area contributed by atoms with Gasteiger partial charge in [0.1, 0.15) is 11.4 Å². The molecule has 0 saturated carbocycles. The van der Waals surface area contributed by atoms with Crippen LogP contribution in [0.15, 0.2) is 9.59 Å². The van der Waals surface area contributed by atoms with E-state index in [2.05, 4.69) is 10.2 Å². The highest BCUT2D eigenvalue weighted by Crippen LogP contribution is 2.34. The highest BCUT2D eigenvalue weighted by atomic mass is 16.6. The highest BCUT2D eigenvalue weighted by Gasteiger charge is 2.39. The number of hydrogen-bond donors (Lipinski definition) is 0. The zero-order valence-corrected chi connectivity index (χ0v) is 16.1. The Labute approximate surface area is 157 Å². The second-order valence-corrected chi connectivity index (χ2v) is 8.54. The maximum Gasteiger partial charge on any atom is 0.324 e. The maximum atomic E-state index is 13.0. The van der Waals surface area contributed by atoms with Gasteiger partial charge in [-0.2, -0.15) is 19.2 Å². The molecule has 0 radical (unpaired) electrons. The molecule has 3 aromatic heterocycles. The van der Waals surface area contributed by atoms with Crippen LogP contribution in [0.4, 0.5) is 11.4 Å². The Hall–Kier alpha value is -3.44. The van der Waals surface area contributed by atoms with Crippen LogP contribution in [0.2, 0.25) is 0 Å². The van der Waals surface area contributed by atoms with Gasteiger partial charge in [-0.15, -0.1) is 0 Å². The van der Waals surface area contributed by atoms with Gasteiger partial charge in [-0.25, -0.2) is 0 Å². The van der Waals surface area contributed by atoms with Crippen LogP contribution in [0, 0.1) is 20.2 Å². The molecule has 0 aliphatic rings. The van der Waals surface area contributed by atoms with Crippen molar-refractivity contribution in [3.63, 3.8) is 0 Å². The Morgan fingerprint density at radius 1 is 0.714 bits per heavy atom. The lowest BCUT2D eigenvalue weighted by Gasteiger charge is -2.13. The number of rotatable bonds is 2. The topological polar surface area (TPSA) is 155 Å². The van der Waals surface area contributed by atoms with Gasteiger partial charge in [0.15, 0.2) is 0 Å². The van der Waals surface area contributed by atoms with E-state index in [-0.39, 0.29) is 11.4 Å². The highest BCUT2D eigenvalue weighted by molar-refractivity contribution is 5.74. The Balaban J connectivity index is 2.69. The molecule has 0 amide bonds. The summed E-state index contributed by atoms with van der Waals surface area (Å²) in [7, 11) is 0. The van der Waals surface area contributed by atoms with E-state index in [0.29, 0.717) is 9.03 Å². The predicted molar refractivity (Wildman–Crippen MR) is 98.4 cm³/mol. The van der Waals surface area contributed by atoms with Gasteiger partial charge < -0.3 is 0 Å². The van der Waals surface area contributed by atoms with Gasteiger partial charge in [0.05, 0.1) is 9.85 Å². The number of fused-ring (bicyclic) bond motifs is 2. The average molecular weight is 390 g/mol. The molecule has 0 spiro atoms. The molecule has 0 atom stereocenters. The monoisotopic (exact) mass is 390 g/mol. The van der Waals surface area contributed by atoms with Crippen LogP contribution in [-0.2, 0) is 10.8 Å². The van der Waals surface area contributed by atoms with Crippen LogP contribution >= 0.6 is 0 Å². The normalized spacial score (nSPS) is 12.8. The zero-order chi connectivity index (χ0) is 21.3. The molecular formula is C16H18N6O6. The van der Waals surface area contributed by atoms with Gasteiger partial charge in [0, 0.05) is 10.8 Å². The van der Waals surface area contributed by atoms with E-state index >= 15 is 0 Å². The van der Waals surface area contributed by atoms with Gasteiger partial charge in [0.25, 0.3) is 0 Å². The summed E-state index contributed by atoms with van der Waals surface area (Å²) in [6.45, 7) is 9.85. The zero-order valence-electron chi connectivity index (χ0n) is 16.1. The lowest BCUT2D eigenvalue weighted by atomic mass is 9.91. The summed E-state index contributed by atoms with van der Waals surface area (Å²) in [5, 5.41) is 31.3. The molecule has 0 unspecified atom stereocenters. The molecule has 0 aliphatic heterocycles. The Kier molecular flexibility index (Phi) is 3.82. The predicted octanol–water partition coefficient (Wildman–Crippen LogP) is 1.55. The summed E-state index contributed by atoms with van der Waals surface area (Å²) < 4.78 is 1.16. The molecule has 0 saturated heterocycles. The van der Waals surface area contributed by atoms with Crippen molar-refractivity contribution in [1.29, 1.82) is 0 Å². The summed E-state index contributed by atoms with van der Waals surface area (Å²) in [6, 6.07) is 0. The van der Waals surface area contributed by atoms with E-state index in [1.165, 1.54) is 0 Å². The van der Waals surface area contributed by atoms with Crippen LogP contribution in [-0.4, -0.2) is 29.1 Å². The average Bonchev–Trinajstić information content (AvgIpc) is 3.11. The fourth-order valence-corrected chi connectivity index (χ4v) is 3.05. The molecule has 0 fully saturated rings. The summed E-state index contributed by atoms with van der Waals surface area (Å²) in [5.74, 6) is 0. The van der Waals surface area contributed by atoms with Crippen LogP contribution in [0.1, 0.15) is 52.9 Å². The first kappa shape index (κ1) is 19.3. The lowest BCUT2D eigenvalue weighted by molar-refractivity contribution is -0.384. The van der Waals surface area contributed by atoms with Gasteiger partial charge in [-0.3, -0.25) is 29.8 Å². The van der Waals surface area contributed by atoms with E-state index < -0.39 is 54.2 Å². The largest absolute Gasteiger partial charge is 0.324 e. The SMILES string of the molecule is CC(C)(C)c1nn2c(=O)c3c([N+](=O)[O-])c(C(C)(C)C)nn3c(=O)c2c1[N+](=O)[O-]. The van der Waals surface area contributed by atoms with Crippen LogP contribution < -0.4 is 11.1 Å². The lowest BCUT2D eigenvalue weighted by Crippen LogP contribution is -2.27. The van der Waals surface area contributed by atoms with Crippen molar-refractivity contribution in [2.24, 2.45) is 0 Å². The Morgan fingerprint density at radius 3 is 1.21 bits per heavy atom. The van der Waals surface area contributed by atoms with E-state index in [0.717, 1.165) is 0 Å². The van der Waals surface area contributed by atoms with Gasteiger partial charge in [-0.05, 0) is 0 Å². The number of aromatic nitrogens is 4. The first-order valence-corrected chi connectivity index (χ1v) is 8.33. The first-order valence-electron chi connectivity index (χ1n) is 8.33. The molecule has 148 valence electrons. The van der Waals surface area contributed by atoms with Crippen molar-refractivity contribution in [3.05, 3.63) is 52.3 Å². The Morgan fingerprint density at radius 2 is 1.00 bits per heavy atom. The van der Waals surface area contributed by atoms with Crippen molar-refractivity contribution in [3.8, 4) is 0 Å². The minimum Gasteiger partial charge on any atom is -0.265 e. The molecular weight excluding hydrogens is 372 g/mol. The third-order valence-corrected chi connectivity index (χ3v) is 4.30. The second kappa shape index (κ2) is 5.53. The quantitative estimate of drug-likeness (QED) is 0.471. The minimum absolute atomic E-state index is 0.0707. The fourth-order valence-electron chi connectivity index (χ4n) is 3.05. The number of hydrogen-bond acceptors (Lipinski definition) is 8. The maximum absolute atomic E-state index is 13.0. The van der Waals surface area contributed by atoms with Gasteiger partial charge >= 0.3 is 22.5 Å². The van der Waals surface area contributed by atoms with E-state index in [1.807, 2.05) is 0 Å². The van der Waals surface area contributed by atoms with Crippen LogP contribution in [0.3, 0.4) is 0 Å². The molecule has 0 aliphatic carbocycles.